The minimum atomic E-state index is 0.782. The zero-order valence-corrected chi connectivity index (χ0v) is 11.8. The third kappa shape index (κ3) is 3.05. The van der Waals surface area contributed by atoms with Crippen molar-refractivity contribution in [2.75, 3.05) is 5.32 Å². The molecule has 2 rings (SSSR count). The van der Waals surface area contributed by atoms with E-state index in [1.807, 2.05) is 18.2 Å². The highest BCUT2D eigenvalue weighted by molar-refractivity contribution is 6.30. The molecule has 0 unspecified atom stereocenters. The van der Waals surface area contributed by atoms with Crippen LogP contribution >= 0.6 is 11.6 Å². The van der Waals surface area contributed by atoms with Gasteiger partial charge in [-0.3, -0.25) is 0 Å². The van der Waals surface area contributed by atoms with Crippen LogP contribution in [0.15, 0.2) is 36.4 Å². The highest BCUT2D eigenvalue weighted by Crippen LogP contribution is 2.20. The number of hydrogen-bond donors (Lipinski definition) is 1. The zero-order chi connectivity index (χ0) is 13.1. The van der Waals surface area contributed by atoms with Crippen LogP contribution in [0, 0.1) is 20.8 Å². The summed E-state index contributed by atoms with van der Waals surface area (Å²) in [6, 6.07) is 12.5. The number of rotatable bonds is 3. The lowest BCUT2D eigenvalue weighted by Crippen LogP contribution is -2.01. The molecule has 0 fully saturated rings. The largest absolute Gasteiger partial charge is 0.381 e. The standard InChI is InChI=1S/C16H18ClN/c1-11-4-5-14(8-12(11)2)10-18-16-7-6-15(17)9-13(16)3/h4-9,18H,10H2,1-3H3. The first kappa shape index (κ1) is 13.0. The second-order valence-corrected chi connectivity index (χ2v) is 5.17. The van der Waals surface area contributed by atoms with E-state index in [0.29, 0.717) is 0 Å². The highest BCUT2D eigenvalue weighted by Gasteiger charge is 2.00. The molecule has 2 heteroatoms. The van der Waals surface area contributed by atoms with Gasteiger partial charge < -0.3 is 5.32 Å². The van der Waals surface area contributed by atoms with Crippen molar-refractivity contribution in [1.29, 1.82) is 0 Å². The Kier molecular flexibility index (Phi) is 3.93. The minimum Gasteiger partial charge on any atom is -0.381 e. The fourth-order valence-electron chi connectivity index (χ4n) is 1.94. The molecule has 0 radical (unpaired) electrons. The Morgan fingerprint density at radius 3 is 2.33 bits per heavy atom. The van der Waals surface area contributed by atoms with Crippen molar-refractivity contribution in [3.8, 4) is 0 Å². The molecule has 0 aliphatic heterocycles. The van der Waals surface area contributed by atoms with Crippen LogP contribution in [-0.2, 0) is 6.54 Å². The Bertz CT molecular complexity index is 561. The Morgan fingerprint density at radius 2 is 1.67 bits per heavy atom. The normalized spacial score (nSPS) is 10.4. The van der Waals surface area contributed by atoms with Gasteiger partial charge >= 0.3 is 0 Å². The fourth-order valence-corrected chi connectivity index (χ4v) is 2.16. The quantitative estimate of drug-likeness (QED) is 0.829. The smallest absolute Gasteiger partial charge is 0.0410 e. The molecule has 1 N–H and O–H groups in total. The van der Waals surface area contributed by atoms with Crippen LogP contribution in [0.3, 0.4) is 0 Å². The van der Waals surface area contributed by atoms with E-state index < -0.39 is 0 Å². The molecule has 0 aromatic heterocycles. The lowest BCUT2D eigenvalue weighted by atomic mass is 10.1. The summed E-state index contributed by atoms with van der Waals surface area (Å²) in [5, 5.41) is 4.23. The first-order valence-corrected chi connectivity index (χ1v) is 6.50. The zero-order valence-electron chi connectivity index (χ0n) is 11.0. The van der Waals surface area contributed by atoms with Gasteiger partial charge in [-0.15, -0.1) is 0 Å². The number of benzene rings is 2. The Morgan fingerprint density at radius 1 is 0.889 bits per heavy atom. The summed E-state index contributed by atoms with van der Waals surface area (Å²) in [6.07, 6.45) is 0. The van der Waals surface area contributed by atoms with Crippen LogP contribution in [0.4, 0.5) is 5.69 Å². The van der Waals surface area contributed by atoms with E-state index in [4.69, 9.17) is 11.6 Å². The van der Waals surface area contributed by atoms with Crippen LogP contribution < -0.4 is 5.32 Å². The van der Waals surface area contributed by atoms with Gasteiger partial charge in [-0.25, -0.2) is 0 Å². The predicted octanol–water partition coefficient (Wildman–Crippen LogP) is 4.88. The molecule has 2 aromatic rings. The molecule has 2 aromatic carbocycles. The van der Waals surface area contributed by atoms with Gasteiger partial charge in [0, 0.05) is 17.3 Å². The predicted molar refractivity (Wildman–Crippen MR) is 79.4 cm³/mol. The monoisotopic (exact) mass is 259 g/mol. The molecule has 94 valence electrons. The van der Waals surface area contributed by atoms with E-state index in [0.717, 1.165) is 17.3 Å². The molecule has 0 heterocycles. The SMILES string of the molecule is Cc1ccc(CNc2ccc(Cl)cc2C)cc1C. The average molecular weight is 260 g/mol. The summed E-state index contributed by atoms with van der Waals surface area (Å²) in [5.74, 6) is 0. The van der Waals surface area contributed by atoms with Gasteiger partial charge in [0.15, 0.2) is 0 Å². The molecule has 0 amide bonds. The Labute approximate surface area is 114 Å². The van der Waals surface area contributed by atoms with Crippen molar-refractivity contribution in [3.63, 3.8) is 0 Å². The van der Waals surface area contributed by atoms with Crippen molar-refractivity contribution < 1.29 is 0 Å². The van der Waals surface area contributed by atoms with Gasteiger partial charge in [0.2, 0.25) is 0 Å². The van der Waals surface area contributed by atoms with E-state index in [2.05, 4.69) is 44.3 Å². The summed E-state index contributed by atoms with van der Waals surface area (Å²) in [6.45, 7) is 7.18. The van der Waals surface area contributed by atoms with Gasteiger partial charge in [-0.1, -0.05) is 29.8 Å². The lowest BCUT2D eigenvalue weighted by Gasteiger charge is -2.11. The molecule has 18 heavy (non-hydrogen) atoms. The molecule has 0 saturated carbocycles. The Balaban J connectivity index is 2.09. The number of anilines is 1. The average Bonchev–Trinajstić information content (AvgIpc) is 2.32. The molecule has 0 atom stereocenters. The maximum atomic E-state index is 5.94. The second-order valence-electron chi connectivity index (χ2n) is 4.73. The minimum absolute atomic E-state index is 0.782. The van der Waals surface area contributed by atoms with E-state index in [-0.39, 0.29) is 0 Å². The third-order valence-electron chi connectivity index (χ3n) is 3.24. The summed E-state index contributed by atoms with van der Waals surface area (Å²) in [5.41, 5.74) is 6.28. The van der Waals surface area contributed by atoms with Crippen molar-refractivity contribution in [2.45, 2.75) is 27.3 Å². The molecular formula is C16H18ClN. The summed E-state index contributed by atoms with van der Waals surface area (Å²) in [4.78, 5) is 0. The van der Waals surface area contributed by atoms with Gasteiger partial charge in [0.25, 0.3) is 0 Å². The van der Waals surface area contributed by atoms with Crippen molar-refractivity contribution >= 4 is 17.3 Å². The van der Waals surface area contributed by atoms with E-state index in [9.17, 15) is 0 Å². The first-order chi connectivity index (χ1) is 8.56. The van der Waals surface area contributed by atoms with Crippen molar-refractivity contribution in [3.05, 3.63) is 63.7 Å². The molecule has 1 nitrogen and oxygen atoms in total. The van der Waals surface area contributed by atoms with E-state index in [1.165, 1.54) is 22.3 Å². The molecule has 0 saturated heterocycles. The third-order valence-corrected chi connectivity index (χ3v) is 3.48. The Hall–Kier alpha value is -1.47. The van der Waals surface area contributed by atoms with Crippen LogP contribution in [0.5, 0.6) is 0 Å². The second kappa shape index (κ2) is 5.45. The highest BCUT2D eigenvalue weighted by atomic mass is 35.5. The maximum Gasteiger partial charge on any atom is 0.0410 e. The van der Waals surface area contributed by atoms with Gasteiger partial charge in [-0.2, -0.15) is 0 Å². The van der Waals surface area contributed by atoms with Gasteiger partial charge in [0.1, 0.15) is 0 Å². The van der Waals surface area contributed by atoms with Crippen LogP contribution in [0.1, 0.15) is 22.3 Å². The fraction of sp³-hybridized carbons (Fsp3) is 0.250. The lowest BCUT2D eigenvalue weighted by molar-refractivity contribution is 1.12. The number of halogens is 1. The molecular weight excluding hydrogens is 242 g/mol. The summed E-state index contributed by atoms with van der Waals surface area (Å²) < 4.78 is 0. The number of nitrogens with one attached hydrogen (secondary N) is 1. The first-order valence-electron chi connectivity index (χ1n) is 6.12. The van der Waals surface area contributed by atoms with Crippen LogP contribution in [0.2, 0.25) is 5.02 Å². The summed E-state index contributed by atoms with van der Waals surface area (Å²) >= 11 is 5.94. The topological polar surface area (TPSA) is 12.0 Å². The number of aryl methyl sites for hydroxylation is 3. The molecule has 0 spiro atoms. The van der Waals surface area contributed by atoms with Crippen molar-refractivity contribution in [2.24, 2.45) is 0 Å². The van der Waals surface area contributed by atoms with Crippen molar-refractivity contribution in [1.82, 2.24) is 0 Å². The van der Waals surface area contributed by atoms with Gasteiger partial charge in [0.05, 0.1) is 0 Å². The number of hydrogen-bond acceptors (Lipinski definition) is 1. The summed E-state index contributed by atoms with van der Waals surface area (Å²) in [7, 11) is 0. The maximum absolute atomic E-state index is 5.94. The van der Waals surface area contributed by atoms with Crippen LogP contribution in [0.25, 0.3) is 0 Å². The molecule has 0 bridgehead atoms. The van der Waals surface area contributed by atoms with E-state index in [1.54, 1.807) is 0 Å². The molecule has 0 aliphatic carbocycles. The van der Waals surface area contributed by atoms with Gasteiger partial charge in [-0.05, 0) is 61.2 Å². The molecule has 0 aliphatic rings. The van der Waals surface area contributed by atoms with E-state index >= 15 is 0 Å². The van der Waals surface area contributed by atoms with Crippen LogP contribution in [-0.4, -0.2) is 0 Å².